The number of para-hydroxylation sites is 1. The van der Waals surface area contributed by atoms with Gasteiger partial charge in [-0.1, -0.05) is 12.1 Å². The van der Waals surface area contributed by atoms with Gasteiger partial charge in [0, 0.05) is 19.2 Å². The smallest absolute Gasteiger partial charge is 0.289 e. The fraction of sp³-hybridized carbons (Fsp3) is 0.588. The number of hydrogen-bond acceptors (Lipinski definition) is 5. The summed E-state index contributed by atoms with van der Waals surface area (Å²) in [6.45, 7) is 4.97. The molecular weight excluding hydrogens is 372 g/mol. The topological polar surface area (TPSA) is 105 Å². The molecule has 1 N–H and O–H groups in total. The number of piperazine rings is 1. The molecule has 2 aliphatic rings. The van der Waals surface area contributed by atoms with Crippen LogP contribution in [0.15, 0.2) is 29.2 Å². The Balaban J connectivity index is 1.68. The minimum absolute atomic E-state index is 0.123. The standard InChI is InChI=1S/C17H24N4O5S/c1-14(17(22)19-8-4-5-9-19)18-10-12-20(13-11-18)27(25,26)16-7-3-2-6-15(16)21(23)24/h2-3,6-7,14H,4-5,8-13H2,1H3/p+1/t14-/m0/s1. The summed E-state index contributed by atoms with van der Waals surface area (Å²) < 4.78 is 27.0. The van der Waals surface area contributed by atoms with Gasteiger partial charge in [0.2, 0.25) is 10.0 Å². The summed E-state index contributed by atoms with van der Waals surface area (Å²) >= 11 is 0. The molecule has 0 bridgehead atoms. The number of nitro benzene ring substituents is 1. The maximum Gasteiger partial charge on any atom is 0.289 e. The summed E-state index contributed by atoms with van der Waals surface area (Å²) in [4.78, 5) is 25.7. The van der Waals surface area contributed by atoms with Crippen molar-refractivity contribution in [1.29, 1.82) is 0 Å². The second-order valence-electron chi connectivity index (χ2n) is 7.04. The zero-order valence-electron chi connectivity index (χ0n) is 15.3. The molecule has 0 aromatic heterocycles. The van der Waals surface area contributed by atoms with Gasteiger partial charge >= 0.3 is 0 Å². The highest BCUT2D eigenvalue weighted by atomic mass is 32.2. The second-order valence-corrected chi connectivity index (χ2v) is 8.95. The van der Waals surface area contributed by atoms with Crippen LogP contribution < -0.4 is 4.90 Å². The number of likely N-dealkylation sites (tertiary alicyclic amines) is 1. The van der Waals surface area contributed by atoms with Crippen LogP contribution in [0.2, 0.25) is 0 Å². The first kappa shape index (κ1) is 19.7. The molecule has 0 saturated carbocycles. The van der Waals surface area contributed by atoms with Crippen molar-refractivity contribution in [2.24, 2.45) is 0 Å². The quantitative estimate of drug-likeness (QED) is 0.532. The van der Waals surface area contributed by atoms with Gasteiger partial charge in [-0.25, -0.2) is 8.42 Å². The Kier molecular flexibility index (Phi) is 5.78. The first-order valence-corrected chi connectivity index (χ1v) is 10.6. The van der Waals surface area contributed by atoms with Gasteiger partial charge in [-0.2, -0.15) is 4.31 Å². The van der Waals surface area contributed by atoms with Gasteiger partial charge in [0.15, 0.2) is 10.9 Å². The van der Waals surface area contributed by atoms with E-state index in [1.807, 2.05) is 11.8 Å². The average Bonchev–Trinajstić information content (AvgIpc) is 3.21. The van der Waals surface area contributed by atoms with Crippen LogP contribution in [0.25, 0.3) is 0 Å². The van der Waals surface area contributed by atoms with Gasteiger partial charge in [-0.15, -0.1) is 0 Å². The molecule has 0 unspecified atom stereocenters. The Morgan fingerprint density at radius 2 is 1.74 bits per heavy atom. The van der Waals surface area contributed by atoms with Gasteiger partial charge in [-0.05, 0) is 25.8 Å². The summed E-state index contributed by atoms with van der Waals surface area (Å²) in [6, 6.07) is 5.19. The molecule has 1 atom stereocenters. The van der Waals surface area contributed by atoms with Crippen LogP contribution in [0.3, 0.4) is 0 Å². The maximum atomic E-state index is 12.9. The molecule has 148 valence electrons. The Hall–Kier alpha value is -2.04. The highest BCUT2D eigenvalue weighted by Crippen LogP contribution is 2.26. The van der Waals surface area contributed by atoms with Crippen molar-refractivity contribution in [1.82, 2.24) is 9.21 Å². The van der Waals surface area contributed by atoms with E-state index in [1.165, 1.54) is 28.6 Å². The van der Waals surface area contributed by atoms with E-state index in [4.69, 9.17) is 0 Å². The number of sulfonamides is 1. The molecule has 1 amide bonds. The van der Waals surface area contributed by atoms with Crippen LogP contribution in [0.4, 0.5) is 5.69 Å². The van der Waals surface area contributed by atoms with Gasteiger partial charge in [-0.3, -0.25) is 14.9 Å². The van der Waals surface area contributed by atoms with Crippen LogP contribution in [0.1, 0.15) is 19.8 Å². The second kappa shape index (κ2) is 7.91. The third kappa shape index (κ3) is 3.97. The molecule has 9 nitrogen and oxygen atoms in total. The lowest BCUT2D eigenvalue weighted by atomic mass is 10.2. The minimum Gasteiger partial charge on any atom is -0.338 e. The van der Waals surface area contributed by atoms with E-state index in [0.717, 1.165) is 30.8 Å². The monoisotopic (exact) mass is 397 g/mol. The van der Waals surface area contributed by atoms with E-state index in [9.17, 15) is 23.3 Å². The Morgan fingerprint density at radius 1 is 1.15 bits per heavy atom. The number of benzene rings is 1. The number of quaternary nitrogens is 1. The molecule has 0 spiro atoms. The van der Waals surface area contributed by atoms with Crippen molar-refractivity contribution in [2.45, 2.75) is 30.7 Å². The maximum absolute atomic E-state index is 12.9. The van der Waals surface area contributed by atoms with E-state index in [1.54, 1.807) is 0 Å². The van der Waals surface area contributed by atoms with E-state index in [0.29, 0.717) is 13.1 Å². The Morgan fingerprint density at radius 3 is 2.33 bits per heavy atom. The van der Waals surface area contributed by atoms with Gasteiger partial charge in [0.25, 0.3) is 11.6 Å². The zero-order valence-corrected chi connectivity index (χ0v) is 16.2. The summed E-state index contributed by atoms with van der Waals surface area (Å²) in [5, 5.41) is 11.2. The molecule has 1 aromatic rings. The lowest BCUT2D eigenvalue weighted by Crippen LogP contribution is -3.19. The van der Waals surface area contributed by atoms with Crippen molar-refractivity contribution >= 4 is 21.6 Å². The van der Waals surface area contributed by atoms with Crippen LogP contribution in [-0.2, 0) is 14.8 Å². The highest BCUT2D eigenvalue weighted by Gasteiger charge is 2.38. The Labute approximate surface area is 158 Å². The summed E-state index contributed by atoms with van der Waals surface area (Å²) in [6.07, 6.45) is 2.07. The molecule has 3 rings (SSSR count). The fourth-order valence-corrected chi connectivity index (χ4v) is 5.40. The van der Waals surface area contributed by atoms with Crippen molar-refractivity contribution in [3.8, 4) is 0 Å². The number of amides is 1. The highest BCUT2D eigenvalue weighted by molar-refractivity contribution is 7.89. The van der Waals surface area contributed by atoms with Crippen molar-refractivity contribution in [3.63, 3.8) is 0 Å². The number of nitrogens with zero attached hydrogens (tertiary/aromatic N) is 3. The zero-order chi connectivity index (χ0) is 19.6. The van der Waals surface area contributed by atoms with E-state index < -0.39 is 20.6 Å². The lowest BCUT2D eigenvalue weighted by Gasteiger charge is -2.35. The van der Waals surface area contributed by atoms with Crippen LogP contribution in [0, 0.1) is 10.1 Å². The number of rotatable bonds is 5. The molecule has 0 radical (unpaired) electrons. The first-order chi connectivity index (χ1) is 12.8. The van der Waals surface area contributed by atoms with Gasteiger partial charge < -0.3 is 9.80 Å². The van der Waals surface area contributed by atoms with Crippen molar-refractivity contribution < 1.29 is 23.0 Å². The molecule has 1 aromatic carbocycles. The van der Waals surface area contributed by atoms with Gasteiger partial charge in [0.05, 0.1) is 31.1 Å². The Bertz CT molecular complexity index is 814. The SMILES string of the molecule is C[C@@H](C(=O)N1CCCC1)[NH+]1CCN(S(=O)(=O)c2ccccc2[N+](=O)[O-])CC1. The van der Waals surface area contributed by atoms with E-state index in [-0.39, 0.29) is 29.9 Å². The third-order valence-electron chi connectivity index (χ3n) is 5.44. The van der Waals surface area contributed by atoms with E-state index in [2.05, 4.69) is 0 Å². The van der Waals surface area contributed by atoms with Crippen LogP contribution >= 0.6 is 0 Å². The predicted octanol–water partition coefficient (Wildman–Crippen LogP) is -0.505. The van der Waals surface area contributed by atoms with Crippen LogP contribution in [0.5, 0.6) is 0 Å². The summed E-state index contributed by atoms with van der Waals surface area (Å²) in [7, 11) is -3.94. The molecule has 2 fully saturated rings. The van der Waals surface area contributed by atoms with Crippen LogP contribution in [-0.4, -0.2) is 73.8 Å². The first-order valence-electron chi connectivity index (χ1n) is 9.19. The fourth-order valence-electron chi connectivity index (χ4n) is 3.80. The molecule has 27 heavy (non-hydrogen) atoms. The normalized spacial score (nSPS) is 20.6. The summed E-state index contributed by atoms with van der Waals surface area (Å²) in [5.41, 5.74) is -0.412. The largest absolute Gasteiger partial charge is 0.338 e. The number of hydrogen-bond donors (Lipinski definition) is 1. The van der Waals surface area contributed by atoms with Gasteiger partial charge in [0.1, 0.15) is 0 Å². The van der Waals surface area contributed by atoms with E-state index >= 15 is 0 Å². The summed E-state index contributed by atoms with van der Waals surface area (Å²) in [5.74, 6) is 0.123. The number of carbonyl (C=O) groups excluding carboxylic acids is 1. The average molecular weight is 397 g/mol. The number of carbonyl (C=O) groups is 1. The van der Waals surface area contributed by atoms with Crippen molar-refractivity contribution in [3.05, 3.63) is 34.4 Å². The molecule has 0 aliphatic carbocycles. The molecular formula is C17H25N4O5S+. The number of nitrogens with one attached hydrogen (secondary N) is 1. The molecule has 2 aliphatic heterocycles. The minimum atomic E-state index is -3.94. The lowest BCUT2D eigenvalue weighted by molar-refractivity contribution is -0.918. The molecule has 2 heterocycles. The predicted molar refractivity (Wildman–Crippen MR) is 97.8 cm³/mol. The molecule has 2 saturated heterocycles. The van der Waals surface area contributed by atoms with Crippen molar-refractivity contribution in [2.75, 3.05) is 39.3 Å². The number of nitro groups is 1. The molecule has 10 heteroatoms. The third-order valence-corrected chi connectivity index (χ3v) is 7.39.